The molecule has 0 radical (unpaired) electrons. The maximum atomic E-state index is 13.1. The van der Waals surface area contributed by atoms with Crippen LogP contribution in [-0.2, 0) is 11.2 Å². The molecule has 1 aliphatic carbocycles. The van der Waals surface area contributed by atoms with E-state index in [9.17, 15) is 9.59 Å². The van der Waals surface area contributed by atoms with Gasteiger partial charge in [0.25, 0.3) is 5.91 Å². The van der Waals surface area contributed by atoms with E-state index < -0.39 is 5.91 Å². The van der Waals surface area contributed by atoms with Crippen LogP contribution >= 0.6 is 34.7 Å². The second-order valence-electron chi connectivity index (χ2n) is 6.93. The number of rotatable bonds is 6. The maximum Gasteiger partial charge on any atom is 0.280 e. The van der Waals surface area contributed by atoms with Gasteiger partial charge in [-0.1, -0.05) is 61.5 Å². The number of benzene rings is 1. The van der Waals surface area contributed by atoms with Crippen molar-refractivity contribution in [1.82, 2.24) is 9.69 Å². The topological polar surface area (TPSA) is 62.3 Å². The lowest BCUT2D eigenvalue weighted by molar-refractivity contribution is -0.120. The minimum atomic E-state index is -0.434. The molecule has 3 rings (SSSR count). The average Bonchev–Trinajstić information content (AvgIpc) is 3.05. The molecule has 1 saturated carbocycles. The van der Waals surface area contributed by atoms with E-state index in [-0.39, 0.29) is 33.5 Å². The Labute approximate surface area is 179 Å². The molecule has 28 heavy (non-hydrogen) atoms. The summed E-state index contributed by atoms with van der Waals surface area (Å²) in [5.41, 5.74) is 1.85. The van der Waals surface area contributed by atoms with Crippen LogP contribution in [0.2, 0.25) is 9.36 Å². The SMILES string of the molecule is CCc1ccc(N(CC(=O)NC2CCCCC2)C(=O)c2nsc(Cl)c2Cl)cc1. The maximum absolute atomic E-state index is 13.1. The number of aryl methyl sites for hydroxylation is 1. The van der Waals surface area contributed by atoms with Gasteiger partial charge in [-0.15, -0.1) is 0 Å². The van der Waals surface area contributed by atoms with Crippen LogP contribution in [0.3, 0.4) is 0 Å². The number of hydrogen-bond acceptors (Lipinski definition) is 4. The molecule has 0 aliphatic heterocycles. The van der Waals surface area contributed by atoms with E-state index in [1.54, 1.807) is 0 Å². The molecule has 8 heteroatoms. The number of carbonyl (C=O) groups excluding carboxylic acids is 2. The monoisotopic (exact) mass is 439 g/mol. The van der Waals surface area contributed by atoms with Gasteiger partial charge in [0.1, 0.15) is 15.9 Å². The Hall–Kier alpha value is -1.63. The van der Waals surface area contributed by atoms with Gasteiger partial charge in [-0.2, -0.15) is 4.37 Å². The van der Waals surface area contributed by atoms with Crippen LogP contribution in [0.4, 0.5) is 5.69 Å². The van der Waals surface area contributed by atoms with Crippen molar-refractivity contribution in [3.8, 4) is 0 Å². The fraction of sp³-hybridized carbons (Fsp3) is 0.450. The third-order valence-electron chi connectivity index (χ3n) is 4.97. The summed E-state index contributed by atoms with van der Waals surface area (Å²) in [7, 11) is 0. The first kappa shape index (κ1) is 21.1. The number of hydrogen-bond donors (Lipinski definition) is 1. The predicted octanol–water partition coefficient (Wildman–Crippen LogP) is 5.11. The lowest BCUT2D eigenvalue weighted by atomic mass is 9.95. The zero-order valence-electron chi connectivity index (χ0n) is 15.7. The largest absolute Gasteiger partial charge is 0.352 e. The molecule has 0 spiro atoms. The number of halogens is 2. The summed E-state index contributed by atoms with van der Waals surface area (Å²) < 4.78 is 4.34. The fourth-order valence-electron chi connectivity index (χ4n) is 3.38. The third kappa shape index (κ3) is 5.04. The van der Waals surface area contributed by atoms with E-state index in [1.807, 2.05) is 24.3 Å². The molecule has 0 bridgehead atoms. The number of amides is 2. The molecule has 1 N–H and O–H groups in total. The molecule has 0 atom stereocenters. The Morgan fingerprint density at radius 1 is 1.18 bits per heavy atom. The standard InChI is InChI=1S/C20H23Cl2N3O2S/c1-2-13-8-10-15(11-9-13)25(20(27)18-17(21)19(22)28-24-18)12-16(26)23-14-6-4-3-5-7-14/h8-11,14H,2-7,12H2,1H3,(H,23,26). The van der Waals surface area contributed by atoms with Crippen molar-refractivity contribution in [3.05, 3.63) is 44.9 Å². The third-order valence-corrected chi connectivity index (χ3v) is 6.58. The highest BCUT2D eigenvalue weighted by Crippen LogP contribution is 2.31. The highest BCUT2D eigenvalue weighted by atomic mass is 35.5. The molecule has 1 aromatic carbocycles. The van der Waals surface area contributed by atoms with Gasteiger partial charge in [-0.05, 0) is 48.5 Å². The number of nitrogens with zero attached hydrogens (tertiary/aromatic N) is 2. The molecular formula is C20H23Cl2N3O2S. The Morgan fingerprint density at radius 2 is 1.86 bits per heavy atom. The molecule has 1 heterocycles. The van der Waals surface area contributed by atoms with Crippen LogP contribution in [0, 0.1) is 0 Å². The lowest BCUT2D eigenvalue weighted by Crippen LogP contribution is -2.45. The van der Waals surface area contributed by atoms with E-state index in [2.05, 4.69) is 16.6 Å². The Morgan fingerprint density at radius 3 is 2.43 bits per heavy atom. The van der Waals surface area contributed by atoms with Gasteiger partial charge in [0.2, 0.25) is 5.91 Å². The zero-order valence-corrected chi connectivity index (χ0v) is 18.0. The van der Waals surface area contributed by atoms with E-state index in [4.69, 9.17) is 23.2 Å². The van der Waals surface area contributed by atoms with Gasteiger partial charge in [0.15, 0.2) is 5.69 Å². The fourth-order valence-corrected chi connectivity index (χ4v) is 4.36. The van der Waals surface area contributed by atoms with Crippen molar-refractivity contribution in [2.75, 3.05) is 11.4 Å². The number of carbonyl (C=O) groups is 2. The normalized spacial score (nSPS) is 14.7. The zero-order chi connectivity index (χ0) is 20.1. The highest BCUT2D eigenvalue weighted by Gasteiger charge is 2.27. The number of nitrogens with one attached hydrogen (secondary N) is 1. The summed E-state index contributed by atoms with van der Waals surface area (Å²) in [5, 5.41) is 3.18. The van der Waals surface area contributed by atoms with Gasteiger partial charge in [-0.25, -0.2) is 0 Å². The first-order chi connectivity index (χ1) is 13.5. The Kier molecular flexibility index (Phi) is 7.32. The van der Waals surface area contributed by atoms with E-state index >= 15 is 0 Å². The summed E-state index contributed by atoms with van der Waals surface area (Å²) in [6, 6.07) is 7.76. The van der Waals surface area contributed by atoms with Crippen LogP contribution in [0.15, 0.2) is 24.3 Å². The van der Waals surface area contributed by atoms with Crippen molar-refractivity contribution < 1.29 is 9.59 Å². The van der Waals surface area contributed by atoms with Gasteiger partial charge < -0.3 is 5.32 Å². The highest BCUT2D eigenvalue weighted by molar-refractivity contribution is 7.11. The number of aromatic nitrogens is 1. The summed E-state index contributed by atoms with van der Waals surface area (Å²) in [6.07, 6.45) is 6.32. The summed E-state index contributed by atoms with van der Waals surface area (Å²) in [6.45, 7) is 1.97. The number of anilines is 1. The summed E-state index contributed by atoms with van der Waals surface area (Å²) in [5.74, 6) is -0.617. The van der Waals surface area contributed by atoms with Gasteiger partial charge in [0, 0.05) is 11.7 Å². The molecule has 0 unspecified atom stereocenters. The average molecular weight is 440 g/mol. The van der Waals surface area contributed by atoms with Crippen LogP contribution in [-0.4, -0.2) is 28.8 Å². The second-order valence-corrected chi connectivity index (χ2v) is 8.69. The summed E-state index contributed by atoms with van der Waals surface area (Å²) >= 11 is 13.1. The van der Waals surface area contributed by atoms with E-state index in [0.29, 0.717) is 5.69 Å². The van der Waals surface area contributed by atoms with Crippen molar-refractivity contribution in [1.29, 1.82) is 0 Å². The van der Waals surface area contributed by atoms with Crippen molar-refractivity contribution in [2.24, 2.45) is 0 Å². The molecule has 2 aromatic rings. The van der Waals surface area contributed by atoms with Crippen molar-refractivity contribution >= 4 is 52.2 Å². The molecule has 1 fully saturated rings. The Bertz CT molecular complexity index is 832. The molecular weight excluding hydrogens is 417 g/mol. The Balaban J connectivity index is 1.81. The molecule has 5 nitrogen and oxygen atoms in total. The van der Waals surface area contributed by atoms with Gasteiger partial charge in [0.05, 0.1) is 0 Å². The second kappa shape index (κ2) is 9.72. The smallest absolute Gasteiger partial charge is 0.280 e. The lowest BCUT2D eigenvalue weighted by Gasteiger charge is -2.26. The van der Waals surface area contributed by atoms with Crippen LogP contribution < -0.4 is 10.2 Å². The quantitative estimate of drug-likeness (QED) is 0.679. The minimum absolute atomic E-state index is 0.0710. The first-order valence-electron chi connectivity index (χ1n) is 9.50. The van der Waals surface area contributed by atoms with Crippen LogP contribution in [0.1, 0.15) is 55.1 Å². The van der Waals surface area contributed by atoms with Gasteiger partial charge in [-0.3, -0.25) is 14.5 Å². The molecule has 0 saturated heterocycles. The van der Waals surface area contributed by atoms with E-state index in [0.717, 1.165) is 49.2 Å². The minimum Gasteiger partial charge on any atom is -0.352 e. The van der Waals surface area contributed by atoms with Gasteiger partial charge >= 0.3 is 0 Å². The predicted molar refractivity (Wildman–Crippen MR) is 115 cm³/mol. The first-order valence-corrected chi connectivity index (χ1v) is 11.0. The molecule has 2 amide bonds. The summed E-state index contributed by atoms with van der Waals surface area (Å²) in [4.78, 5) is 27.2. The van der Waals surface area contributed by atoms with Crippen molar-refractivity contribution in [3.63, 3.8) is 0 Å². The van der Waals surface area contributed by atoms with Crippen LogP contribution in [0.5, 0.6) is 0 Å². The van der Waals surface area contributed by atoms with Crippen molar-refractivity contribution in [2.45, 2.75) is 51.5 Å². The van der Waals surface area contributed by atoms with Crippen LogP contribution in [0.25, 0.3) is 0 Å². The molecule has 1 aliphatic rings. The molecule has 1 aromatic heterocycles. The van der Waals surface area contributed by atoms with E-state index in [1.165, 1.54) is 11.3 Å². The molecule has 150 valence electrons.